The van der Waals surface area contributed by atoms with Gasteiger partial charge >= 0.3 is 5.97 Å². The highest BCUT2D eigenvalue weighted by Gasteiger charge is 2.17. The summed E-state index contributed by atoms with van der Waals surface area (Å²) >= 11 is 0. The largest absolute Gasteiger partial charge is 0.465 e. The fraction of sp³-hybridized carbons (Fsp3) is 0.538. The first kappa shape index (κ1) is 13.8. The summed E-state index contributed by atoms with van der Waals surface area (Å²) in [7, 11) is 3.44. The summed E-state index contributed by atoms with van der Waals surface area (Å²) in [6.45, 7) is 3.27. The zero-order chi connectivity index (χ0) is 13.7. The molecule has 1 fully saturated rings. The molecule has 1 saturated heterocycles. The minimum atomic E-state index is -0.362. The molecule has 1 atom stereocenters. The molecular formula is C13H19N3O3. The summed E-state index contributed by atoms with van der Waals surface area (Å²) in [6.07, 6.45) is 1.73. The standard InChI is InChI=1S/C13H19N3O3/c1-16-5-6-19-11(9-16)8-15-12-7-10(3-4-14-12)13(17)18-2/h3-4,7,11H,5-6,8-9H2,1-2H3,(H,14,15). The number of hydrogen-bond acceptors (Lipinski definition) is 6. The number of carbonyl (C=O) groups excluding carboxylic acids is 1. The number of aromatic nitrogens is 1. The Morgan fingerprint density at radius 3 is 3.26 bits per heavy atom. The van der Waals surface area contributed by atoms with Crippen LogP contribution in [0.4, 0.5) is 5.82 Å². The van der Waals surface area contributed by atoms with Gasteiger partial charge in [0.05, 0.1) is 25.4 Å². The average Bonchev–Trinajstić information content (AvgIpc) is 2.45. The van der Waals surface area contributed by atoms with E-state index in [0.717, 1.165) is 19.7 Å². The summed E-state index contributed by atoms with van der Waals surface area (Å²) in [5.41, 5.74) is 0.488. The van der Waals surface area contributed by atoms with Gasteiger partial charge in [-0.15, -0.1) is 0 Å². The summed E-state index contributed by atoms with van der Waals surface area (Å²) in [6, 6.07) is 3.31. The molecule has 1 N–H and O–H groups in total. The SMILES string of the molecule is COC(=O)c1ccnc(NCC2CN(C)CCO2)c1. The molecule has 1 aliphatic rings. The monoisotopic (exact) mass is 265 g/mol. The fourth-order valence-electron chi connectivity index (χ4n) is 1.98. The third-order valence-corrected chi connectivity index (χ3v) is 3.03. The minimum absolute atomic E-state index is 0.141. The molecule has 104 valence electrons. The van der Waals surface area contributed by atoms with Gasteiger partial charge in [0.2, 0.25) is 0 Å². The Morgan fingerprint density at radius 2 is 2.53 bits per heavy atom. The van der Waals surface area contributed by atoms with Crippen molar-refractivity contribution in [1.29, 1.82) is 0 Å². The Hall–Kier alpha value is -1.66. The molecule has 1 aliphatic heterocycles. The second kappa shape index (κ2) is 6.49. The van der Waals surface area contributed by atoms with Crippen molar-refractivity contribution in [3.05, 3.63) is 23.9 Å². The number of likely N-dealkylation sites (N-methyl/N-ethyl adjacent to an activating group) is 1. The van der Waals surface area contributed by atoms with Crippen LogP contribution in [0.1, 0.15) is 10.4 Å². The molecule has 0 aromatic carbocycles. The fourth-order valence-corrected chi connectivity index (χ4v) is 1.98. The predicted octanol–water partition coefficient (Wildman–Crippen LogP) is 0.611. The van der Waals surface area contributed by atoms with Crippen LogP contribution in [0.5, 0.6) is 0 Å². The lowest BCUT2D eigenvalue weighted by Gasteiger charge is -2.30. The van der Waals surface area contributed by atoms with E-state index in [-0.39, 0.29) is 12.1 Å². The Labute approximate surface area is 112 Å². The number of nitrogens with one attached hydrogen (secondary N) is 1. The van der Waals surface area contributed by atoms with Crippen molar-refractivity contribution in [3.63, 3.8) is 0 Å². The van der Waals surface area contributed by atoms with Crippen molar-refractivity contribution < 1.29 is 14.3 Å². The van der Waals surface area contributed by atoms with Crippen molar-refractivity contribution in [3.8, 4) is 0 Å². The molecule has 1 aromatic heterocycles. The van der Waals surface area contributed by atoms with Crippen LogP contribution in [0, 0.1) is 0 Å². The minimum Gasteiger partial charge on any atom is -0.465 e. The van der Waals surface area contributed by atoms with Crippen LogP contribution in [0.2, 0.25) is 0 Å². The maximum Gasteiger partial charge on any atom is 0.338 e. The van der Waals surface area contributed by atoms with E-state index in [1.54, 1.807) is 18.3 Å². The highest BCUT2D eigenvalue weighted by Crippen LogP contribution is 2.09. The van der Waals surface area contributed by atoms with Crippen molar-refractivity contribution >= 4 is 11.8 Å². The lowest BCUT2D eigenvalue weighted by molar-refractivity contribution is -0.0117. The number of pyridine rings is 1. The molecule has 1 unspecified atom stereocenters. The van der Waals surface area contributed by atoms with E-state index in [1.165, 1.54) is 7.11 Å². The van der Waals surface area contributed by atoms with Crippen LogP contribution in [0.25, 0.3) is 0 Å². The number of anilines is 1. The zero-order valence-corrected chi connectivity index (χ0v) is 11.3. The molecule has 0 amide bonds. The molecule has 2 rings (SSSR count). The number of esters is 1. The van der Waals surface area contributed by atoms with Gasteiger partial charge in [-0.3, -0.25) is 0 Å². The van der Waals surface area contributed by atoms with Gasteiger partial charge in [0.25, 0.3) is 0 Å². The summed E-state index contributed by atoms with van der Waals surface area (Å²) in [4.78, 5) is 17.8. The lowest BCUT2D eigenvalue weighted by atomic mass is 10.2. The number of hydrogen-bond donors (Lipinski definition) is 1. The van der Waals surface area contributed by atoms with E-state index >= 15 is 0 Å². The van der Waals surface area contributed by atoms with Crippen molar-refractivity contribution in [1.82, 2.24) is 9.88 Å². The van der Waals surface area contributed by atoms with Gasteiger partial charge in [0.15, 0.2) is 0 Å². The van der Waals surface area contributed by atoms with Crippen LogP contribution >= 0.6 is 0 Å². The number of methoxy groups -OCH3 is 1. The Bertz CT molecular complexity index is 439. The van der Waals surface area contributed by atoms with Gasteiger partial charge in [0, 0.05) is 25.8 Å². The number of morpholine rings is 1. The summed E-state index contributed by atoms with van der Waals surface area (Å²) in [5.74, 6) is 0.291. The average molecular weight is 265 g/mol. The Kier molecular flexibility index (Phi) is 4.70. The van der Waals surface area contributed by atoms with Gasteiger partial charge in [-0.1, -0.05) is 0 Å². The summed E-state index contributed by atoms with van der Waals surface area (Å²) in [5, 5.41) is 3.18. The highest BCUT2D eigenvalue weighted by atomic mass is 16.5. The van der Waals surface area contributed by atoms with E-state index in [1.807, 2.05) is 0 Å². The van der Waals surface area contributed by atoms with Crippen LogP contribution in [-0.2, 0) is 9.47 Å². The number of rotatable bonds is 4. The predicted molar refractivity (Wildman–Crippen MR) is 71.3 cm³/mol. The molecule has 0 aliphatic carbocycles. The third kappa shape index (κ3) is 3.90. The Morgan fingerprint density at radius 1 is 1.68 bits per heavy atom. The van der Waals surface area contributed by atoms with Gasteiger partial charge < -0.3 is 19.7 Å². The maximum atomic E-state index is 11.4. The molecule has 19 heavy (non-hydrogen) atoms. The number of nitrogens with zero attached hydrogens (tertiary/aromatic N) is 2. The van der Waals surface area contributed by atoms with E-state index in [9.17, 15) is 4.79 Å². The maximum absolute atomic E-state index is 11.4. The van der Waals surface area contributed by atoms with Crippen LogP contribution < -0.4 is 5.32 Å². The Balaban J connectivity index is 1.90. The van der Waals surface area contributed by atoms with Crippen LogP contribution in [-0.4, -0.2) is 62.4 Å². The van der Waals surface area contributed by atoms with E-state index in [4.69, 9.17) is 4.74 Å². The van der Waals surface area contributed by atoms with Crippen molar-refractivity contribution in [2.75, 3.05) is 45.7 Å². The molecule has 6 heteroatoms. The van der Waals surface area contributed by atoms with E-state index < -0.39 is 0 Å². The molecule has 0 radical (unpaired) electrons. The van der Waals surface area contributed by atoms with Gasteiger partial charge in [-0.25, -0.2) is 9.78 Å². The van der Waals surface area contributed by atoms with Crippen LogP contribution in [0.15, 0.2) is 18.3 Å². The van der Waals surface area contributed by atoms with Crippen LogP contribution in [0.3, 0.4) is 0 Å². The zero-order valence-electron chi connectivity index (χ0n) is 11.3. The molecule has 0 saturated carbocycles. The first-order chi connectivity index (χ1) is 9.19. The first-order valence-electron chi connectivity index (χ1n) is 6.27. The topological polar surface area (TPSA) is 63.7 Å². The molecule has 0 spiro atoms. The molecule has 0 bridgehead atoms. The van der Waals surface area contributed by atoms with Gasteiger partial charge in [-0.05, 0) is 19.2 Å². The first-order valence-corrected chi connectivity index (χ1v) is 6.27. The normalized spacial score (nSPS) is 20.0. The van der Waals surface area contributed by atoms with Crippen molar-refractivity contribution in [2.45, 2.75) is 6.10 Å². The second-order valence-corrected chi connectivity index (χ2v) is 4.56. The molecule has 2 heterocycles. The molecule has 1 aromatic rings. The molecular weight excluding hydrogens is 246 g/mol. The number of carbonyl (C=O) groups is 1. The van der Waals surface area contributed by atoms with E-state index in [0.29, 0.717) is 17.9 Å². The quantitative estimate of drug-likeness (QED) is 0.805. The third-order valence-electron chi connectivity index (χ3n) is 3.03. The van der Waals surface area contributed by atoms with E-state index in [2.05, 4.69) is 27.0 Å². The smallest absolute Gasteiger partial charge is 0.338 e. The van der Waals surface area contributed by atoms with Gasteiger partial charge in [0.1, 0.15) is 5.82 Å². The second-order valence-electron chi connectivity index (χ2n) is 4.56. The van der Waals surface area contributed by atoms with Gasteiger partial charge in [-0.2, -0.15) is 0 Å². The summed E-state index contributed by atoms with van der Waals surface area (Å²) < 4.78 is 10.3. The highest BCUT2D eigenvalue weighted by molar-refractivity contribution is 5.89. The lowest BCUT2D eigenvalue weighted by Crippen LogP contribution is -2.43. The molecule has 6 nitrogen and oxygen atoms in total. The van der Waals surface area contributed by atoms with Crippen molar-refractivity contribution in [2.24, 2.45) is 0 Å². The number of ether oxygens (including phenoxy) is 2.